The monoisotopic (exact) mass is 431 g/mol. The number of rotatable bonds is 6. The van der Waals surface area contributed by atoms with Crippen molar-refractivity contribution in [3.63, 3.8) is 0 Å². The molecule has 30 heavy (non-hydrogen) atoms. The van der Waals surface area contributed by atoms with Gasteiger partial charge in [0.2, 0.25) is 23.5 Å². The van der Waals surface area contributed by atoms with Crippen molar-refractivity contribution in [3.05, 3.63) is 23.4 Å². The summed E-state index contributed by atoms with van der Waals surface area (Å²) in [5.41, 5.74) is 0. The fourth-order valence-corrected chi connectivity index (χ4v) is 4.86. The first-order valence-electron chi connectivity index (χ1n) is 10.7. The summed E-state index contributed by atoms with van der Waals surface area (Å²) in [6, 6.07) is 3.97. The molecule has 4 heterocycles. The van der Waals surface area contributed by atoms with E-state index in [1.54, 1.807) is 18.3 Å². The molecule has 0 atom stereocenters. The molecule has 8 nitrogen and oxygen atoms in total. The van der Waals surface area contributed by atoms with Crippen molar-refractivity contribution < 1.29 is 14.1 Å². The van der Waals surface area contributed by atoms with Gasteiger partial charge in [0.15, 0.2) is 0 Å². The van der Waals surface area contributed by atoms with Crippen molar-refractivity contribution in [3.8, 4) is 10.7 Å². The van der Waals surface area contributed by atoms with Crippen LogP contribution in [0.15, 0.2) is 22.0 Å². The van der Waals surface area contributed by atoms with E-state index in [2.05, 4.69) is 15.0 Å². The molecule has 2 fully saturated rings. The standard InChI is InChI=1S/C21H29N5O3S/c1-16(27)25-9-6-17(7-10-25)21(28)26-13-11-24(12-14-26)8-2-5-19-22-20(23-29-19)18-4-3-15-30-18/h3-4,15,17H,2,5-14H2,1H3. The van der Waals surface area contributed by atoms with E-state index < -0.39 is 0 Å². The zero-order valence-electron chi connectivity index (χ0n) is 17.5. The first kappa shape index (κ1) is 21.0. The van der Waals surface area contributed by atoms with Gasteiger partial charge in [-0.25, -0.2) is 0 Å². The first-order valence-corrected chi connectivity index (χ1v) is 11.6. The number of carbonyl (C=O) groups excluding carboxylic acids is 2. The lowest BCUT2D eigenvalue weighted by Crippen LogP contribution is -2.52. The van der Waals surface area contributed by atoms with Crippen LogP contribution in [0.3, 0.4) is 0 Å². The maximum Gasteiger partial charge on any atom is 0.227 e. The summed E-state index contributed by atoms with van der Waals surface area (Å²) in [5, 5.41) is 6.06. The molecule has 2 saturated heterocycles. The molecule has 2 aromatic rings. The summed E-state index contributed by atoms with van der Waals surface area (Å²) in [6.07, 6.45) is 3.31. The average molecular weight is 432 g/mol. The van der Waals surface area contributed by atoms with E-state index in [-0.39, 0.29) is 17.7 Å². The molecule has 0 aromatic carbocycles. The summed E-state index contributed by atoms with van der Waals surface area (Å²) < 4.78 is 5.37. The van der Waals surface area contributed by atoms with Crippen molar-refractivity contribution in [1.82, 2.24) is 24.8 Å². The number of amides is 2. The molecule has 2 aliphatic rings. The third-order valence-corrected chi connectivity index (χ3v) is 6.91. The van der Waals surface area contributed by atoms with Crippen LogP contribution in [-0.4, -0.2) is 82.5 Å². The Labute approximate surface area is 180 Å². The minimum Gasteiger partial charge on any atom is -0.343 e. The normalized spacial score (nSPS) is 18.7. The number of likely N-dealkylation sites (tertiary alicyclic amines) is 1. The van der Waals surface area contributed by atoms with Crippen LogP contribution in [0.2, 0.25) is 0 Å². The Kier molecular flexibility index (Phi) is 6.79. The highest BCUT2D eigenvalue weighted by Crippen LogP contribution is 2.22. The van der Waals surface area contributed by atoms with Gasteiger partial charge in [0.05, 0.1) is 4.88 Å². The van der Waals surface area contributed by atoms with Crippen LogP contribution in [0.25, 0.3) is 10.7 Å². The molecule has 4 rings (SSSR count). The van der Waals surface area contributed by atoms with E-state index in [4.69, 9.17) is 4.52 Å². The Morgan fingerprint density at radius 3 is 2.57 bits per heavy atom. The fourth-order valence-electron chi connectivity index (χ4n) is 4.21. The zero-order chi connectivity index (χ0) is 20.9. The maximum atomic E-state index is 12.8. The zero-order valence-corrected chi connectivity index (χ0v) is 18.3. The van der Waals surface area contributed by atoms with Crippen LogP contribution in [0.4, 0.5) is 0 Å². The fraction of sp³-hybridized carbons (Fsp3) is 0.619. The third-order valence-electron chi connectivity index (χ3n) is 6.05. The number of aromatic nitrogens is 2. The Morgan fingerprint density at radius 2 is 1.90 bits per heavy atom. The number of piperidine rings is 1. The highest BCUT2D eigenvalue weighted by Gasteiger charge is 2.30. The van der Waals surface area contributed by atoms with Crippen LogP contribution in [0.1, 0.15) is 32.1 Å². The Balaban J connectivity index is 1.15. The van der Waals surface area contributed by atoms with Gasteiger partial charge in [0.1, 0.15) is 0 Å². The molecule has 0 saturated carbocycles. The molecule has 2 amide bonds. The molecule has 2 aromatic heterocycles. The minimum absolute atomic E-state index is 0.0715. The second-order valence-corrected chi connectivity index (χ2v) is 8.99. The van der Waals surface area contributed by atoms with Gasteiger partial charge >= 0.3 is 0 Å². The van der Waals surface area contributed by atoms with E-state index >= 15 is 0 Å². The van der Waals surface area contributed by atoms with Gasteiger partial charge in [-0.3, -0.25) is 14.5 Å². The molecule has 0 N–H and O–H groups in total. The lowest BCUT2D eigenvalue weighted by molar-refractivity contribution is -0.141. The highest BCUT2D eigenvalue weighted by atomic mass is 32.1. The molecular formula is C21H29N5O3S. The van der Waals surface area contributed by atoms with Crippen molar-refractivity contribution in [1.29, 1.82) is 0 Å². The number of aryl methyl sites for hydroxylation is 1. The largest absolute Gasteiger partial charge is 0.343 e. The van der Waals surface area contributed by atoms with Gasteiger partial charge < -0.3 is 14.3 Å². The minimum atomic E-state index is 0.0715. The second-order valence-electron chi connectivity index (χ2n) is 8.04. The van der Waals surface area contributed by atoms with E-state index in [0.29, 0.717) is 24.8 Å². The second kappa shape index (κ2) is 9.70. The molecule has 9 heteroatoms. The lowest BCUT2D eigenvalue weighted by atomic mass is 9.95. The molecule has 2 aliphatic heterocycles. The first-order chi connectivity index (χ1) is 14.6. The van der Waals surface area contributed by atoms with Crippen LogP contribution < -0.4 is 0 Å². The van der Waals surface area contributed by atoms with Crippen molar-refractivity contribution in [2.45, 2.75) is 32.6 Å². The summed E-state index contributed by atoms with van der Waals surface area (Å²) in [6.45, 7) is 7.36. The summed E-state index contributed by atoms with van der Waals surface area (Å²) >= 11 is 1.61. The van der Waals surface area contributed by atoms with Crippen LogP contribution >= 0.6 is 11.3 Å². The Hall–Kier alpha value is -2.26. The van der Waals surface area contributed by atoms with E-state index in [1.807, 2.05) is 27.3 Å². The van der Waals surface area contributed by atoms with Crippen molar-refractivity contribution in [2.24, 2.45) is 5.92 Å². The van der Waals surface area contributed by atoms with Crippen molar-refractivity contribution in [2.75, 3.05) is 45.8 Å². The average Bonchev–Trinajstić information content (AvgIpc) is 3.46. The number of hydrogen-bond donors (Lipinski definition) is 0. The number of thiophene rings is 1. The van der Waals surface area contributed by atoms with Crippen LogP contribution in [0, 0.1) is 5.92 Å². The number of piperazine rings is 1. The van der Waals surface area contributed by atoms with Gasteiger partial charge in [0, 0.05) is 58.5 Å². The topological polar surface area (TPSA) is 82.8 Å². The van der Waals surface area contributed by atoms with Gasteiger partial charge in [-0.05, 0) is 37.3 Å². The third kappa shape index (κ3) is 5.07. The van der Waals surface area contributed by atoms with E-state index in [9.17, 15) is 9.59 Å². The highest BCUT2D eigenvalue weighted by molar-refractivity contribution is 7.13. The molecule has 0 radical (unpaired) electrons. The van der Waals surface area contributed by atoms with E-state index in [1.165, 1.54) is 0 Å². The quantitative estimate of drug-likeness (QED) is 0.697. The van der Waals surface area contributed by atoms with E-state index in [0.717, 1.165) is 63.3 Å². The summed E-state index contributed by atoms with van der Waals surface area (Å²) in [7, 11) is 0. The molecule has 0 spiro atoms. The van der Waals surface area contributed by atoms with Gasteiger partial charge in [0.25, 0.3) is 0 Å². The Bertz CT molecular complexity index is 837. The van der Waals surface area contributed by atoms with Crippen molar-refractivity contribution >= 4 is 23.2 Å². The van der Waals surface area contributed by atoms with Gasteiger partial charge in [-0.1, -0.05) is 11.2 Å². The van der Waals surface area contributed by atoms with Crippen LogP contribution in [0.5, 0.6) is 0 Å². The maximum absolute atomic E-state index is 12.8. The predicted molar refractivity (Wildman–Crippen MR) is 114 cm³/mol. The number of hydrogen-bond acceptors (Lipinski definition) is 7. The molecule has 0 unspecified atom stereocenters. The SMILES string of the molecule is CC(=O)N1CCC(C(=O)N2CCN(CCCc3nc(-c4cccs4)no3)CC2)CC1. The van der Waals surface area contributed by atoms with Gasteiger partial charge in [-0.2, -0.15) is 4.98 Å². The molecule has 162 valence electrons. The predicted octanol–water partition coefficient (Wildman–Crippen LogP) is 2.13. The van der Waals surface area contributed by atoms with Crippen LogP contribution in [-0.2, 0) is 16.0 Å². The summed E-state index contributed by atoms with van der Waals surface area (Å²) in [5.74, 6) is 1.80. The molecule has 0 aliphatic carbocycles. The number of nitrogens with zero attached hydrogens (tertiary/aromatic N) is 5. The Morgan fingerprint density at radius 1 is 1.13 bits per heavy atom. The smallest absolute Gasteiger partial charge is 0.227 e. The van der Waals surface area contributed by atoms with Gasteiger partial charge in [-0.15, -0.1) is 11.3 Å². The molecule has 0 bridgehead atoms. The number of carbonyl (C=O) groups is 2. The summed E-state index contributed by atoms with van der Waals surface area (Å²) in [4.78, 5) is 36.0. The lowest BCUT2D eigenvalue weighted by Gasteiger charge is -2.38. The molecular weight excluding hydrogens is 402 g/mol.